The lowest BCUT2D eigenvalue weighted by molar-refractivity contribution is 0.992. The quantitative estimate of drug-likeness (QED) is 0.683. The number of halogens is 1. The van der Waals surface area contributed by atoms with Crippen LogP contribution in [-0.4, -0.2) is 25.2 Å². The van der Waals surface area contributed by atoms with Crippen molar-refractivity contribution in [2.24, 2.45) is 4.99 Å². The summed E-state index contributed by atoms with van der Waals surface area (Å²) in [5.74, 6) is 0.807. The van der Waals surface area contributed by atoms with Crippen LogP contribution in [0.25, 0.3) is 5.82 Å². The molecule has 0 aromatic carbocycles. The molecule has 4 heterocycles. The van der Waals surface area contributed by atoms with E-state index in [0.717, 1.165) is 28.2 Å². The molecule has 6 heteroatoms. The topological polar surface area (TPSA) is 56.0 Å². The molecule has 102 valence electrons. The third kappa shape index (κ3) is 2.11. The first-order valence-corrected chi connectivity index (χ1v) is 6.83. The molecule has 0 amide bonds. The van der Waals surface area contributed by atoms with Gasteiger partial charge in [-0.2, -0.15) is 0 Å². The highest BCUT2D eigenvalue weighted by atomic mass is 35.5. The van der Waals surface area contributed by atoms with Crippen molar-refractivity contribution in [3.63, 3.8) is 0 Å². The second kappa shape index (κ2) is 4.79. The van der Waals surface area contributed by atoms with Crippen LogP contribution in [0.5, 0.6) is 0 Å². The molecule has 5 nitrogen and oxygen atoms in total. The monoisotopic (exact) mass is 295 g/mol. The lowest BCUT2D eigenvalue weighted by Crippen LogP contribution is -2.04. The second-order valence-electron chi connectivity index (χ2n) is 4.70. The fourth-order valence-electron chi connectivity index (χ4n) is 2.40. The molecule has 4 rings (SSSR count). The molecule has 0 radical (unpaired) electrons. The lowest BCUT2D eigenvalue weighted by atomic mass is 10.0. The van der Waals surface area contributed by atoms with Gasteiger partial charge in [0.25, 0.3) is 0 Å². The highest BCUT2D eigenvalue weighted by Crippen LogP contribution is 2.25. The van der Waals surface area contributed by atoms with E-state index in [0.29, 0.717) is 11.7 Å². The predicted octanol–water partition coefficient (Wildman–Crippen LogP) is 2.67. The van der Waals surface area contributed by atoms with E-state index in [1.807, 2.05) is 29.0 Å². The molecule has 0 saturated heterocycles. The van der Waals surface area contributed by atoms with E-state index in [4.69, 9.17) is 11.6 Å². The van der Waals surface area contributed by atoms with Gasteiger partial charge in [-0.25, -0.2) is 15.0 Å². The Balaban J connectivity index is 1.80. The van der Waals surface area contributed by atoms with Crippen LogP contribution in [0.1, 0.15) is 16.7 Å². The zero-order valence-corrected chi connectivity index (χ0v) is 11.7. The summed E-state index contributed by atoms with van der Waals surface area (Å²) in [7, 11) is 0. The van der Waals surface area contributed by atoms with Crippen molar-refractivity contribution in [3.8, 4) is 5.82 Å². The second-order valence-corrected chi connectivity index (χ2v) is 5.09. The third-order valence-corrected chi connectivity index (χ3v) is 3.61. The van der Waals surface area contributed by atoms with Gasteiger partial charge in [-0.15, -0.1) is 0 Å². The summed E-state index contributed by atoms with van der Waals surface area (Å²) in [6, 6.07) is 5.80. The third-order valence-electron chi connectivity index (χ3n) is 3.40. The average Bonchev–Trinajstić information content (AvgIpc) is 3.16. The number of hydrogen-bond donors (Lipinski definition) is 0. The molecule has 0 aliphatic carbocycles. The Bertz CT molecular complexity index is 839. The Morgan fingerprint density at radius 3 is 2.95 bits per heavy atom. The number of hydrogen-bond acceptors (Lipinski definition) is 4. The van der Waals surface area contributed by atoms with Crippen molar-refractivity contribution in [3.05, 3.63) is 71.2 Å². The number of fused-ring (bicyclic) bond motifs is 1. The van der Waals surface area contributed by atoms with Crippen LogP contribution in [-0.2, 0) is 6.54 Å². The molecular weight excluding hydrogens is 286 g/mol. The number of rotatable bonds is 2. The Hall–Kier alpha value is -2.53. The number of aliphatic imine (C=N–C) groups is 1. The minimum absolute atomic E-state index is 0.479. The van der Waals surface area contributed by atoms with Gasteiger partial charge in [-0.1, -0.05) is 11.6 Å². The van der Waals surface area contributed by atoms with E-state index in [9.17, 15) is 0 Å². The molecule has 0 fully saturated rings. The first-order valence-electron chi connectivity index (χ1n) is 6.45. The van der Waals surface area contributed by atoms with E-state index in [2.05, 4.69) is 19.9 Å². The van der Waals surface area contributed by atoms with Gasteiger partial charge >= 0.3 is 0 Å². The van der Waals surface area contributed by atoms with E-state index in [1.165, 1.54) is 0 Å². The van der Waals surface area contributed by atoms with Crippen LogP contribution < -0.4 is 0 Å². The lowest BCUT2D eigenvalue weighted by Gasteiger charge is -2.06. The summed E-state index contributed by atoms with van der Waals surface area (Å²) in [6.45, 7) is 0.636. The van der Waals surface area contributed by atoms with E-state index >= 15 is 0 Å². The predicted molar refractivity (Wildman–Crippen MR) is 79.9 cm³/mol. The van der Waals surface area contributed by atoms with Crippen molar-refractivity contribution < 1.29 is 0 Å². The number of imidazole rings is 1. The highest BCUT2D eigenvalue weighted by molar-refractivity contribution is 6.30. The molecule has 1 aliphatic rings. The van der Waals surface area contributed by atoms with Gasteiger partial charge in [0.1, 0.15) is 17.3 Å². The maximum atomic E-state index is 6.00. The van der Waals surface area contributed by atoms with Crippen LogP contribution in [0.15, 0.2) is 54.3 Å². The molecule has 21 heavy (non-hydrogen) atoms. The summed E-state index contributed by atoms with van der Waals surface area (Å²) < 4.78 is 1.86. The summed E-state index contributed by atoms with van der Waals surface area (Å²) in [4.78, 5) is 17.1. The summed E-state index contributed by atoms with van der Waals surface area (Å²) in [5, 5.41) is 0.479. The van der Waals surface area contributed by atoms with Gasteiger partial charge in [0.2, 0.25) is 0 Å². The average molecular weight is 296 g/mol. The van der Waals surface area contributed by atoms with Crippen molar-refractivity contribution in [2.75, 3.05) is 0 Å². The molecule has 1 aliphatic heterocycles. The van der Waals surface area contributed by atoms with Crippen LogP contribution in [0, 0.1) is 0 Å². The van der Waals surface area contributed by atoms with E-state index < -0.39 is 0 Å². The van der Waals surface area contributed by atoms with Crippen molar-refractivity contribution >= 4 is 17.3 Å². The van der Waals surface area contributed by atoms with E-state index in [-0.39, 0.29) is 0 Å². The normalized spacial score (nSPS) is 13.1. The molecule has 0 bridgehead atoms. The van der Waals surface area contributed by atoms with Crippen LogP contribution >= 0.6 is 11.6 Å². The van der Waals surface area contributed by atoms with Gasteiger partial charge in [0.15, 0.2) is 0 Å². The molecule has 0 saturated carbocycles. The summed E-state index contributed by atoms with van der Waals surface area (Å²) in [5.41, 5.74) is 4.07. The van der Waals surface area contributed by atoms with E-state index in [1.54, 1.807) is 24.9 Å². The van der Waals surface area contributed by atoms with Crippen molar-refractivity contribution in [2.45, 2.75) is 6.54 Å². The SMILES string of the molecule is Clc1cc2c(cn1)CN=C2c1ccnc(-n2ccnc2)c1. The van der Waals surface area contributed by atoms with Crippen molar-refractivity contribution in [1.29, 1.82) is 0 Å². The van der Waals surface area contributed by atoms with Gasteiger partial charge in [0.05, 0.1) is 12.3 Å². The van der Waals surface area contributed by atoms with Gasteiger partial charge in [-0.05, 0) is 18.2 Å². The standard InChI is InChI=1S/C15H10ClN5/c16-13-6-12-11(7-19-13)8-20-15(12)10-1-2-18-14(5-10)21-4-3-17-9-21/h1-7,9H,8H2. The van der Waals surface area contributed by atoms with Crippen molar-refractivity contribution in [1.82, 2.24) is 19.5 Å². The smallest absolute Gasteiger partial charge is 0.138 e. The zero-order valence-electron chi connectivity index (χ0n) is 10.9. The van der Waals surface area contributed by atoms with Crippen LogP contribution in [0.4, 0.5) is 0 Å². The number of aromatic nitrogens is 4. The fraction of sp³-hybridized carbons (Fsp3) is 0.0667. The Labute approximate surface area is 126 Å². The molecule has 0 unspecified atom stereocenters. The first kappa shape index (κ1) is 12.2. The van der Waals surface area contributed by atoms with Crippen LogP contribution in [0.2, 0.25) is 5.15 Å². The molecular formula is C15H10ClN5. The minimum Gasteiger partial charge on any atom is -0.291 e. The maximum Gasteiger partial charge on any atom is 0.138 e. The highest BCUT2D eigenvalue weighted by Gasteiger charge is 2.18. The molecule has 0 N–H and O–H groups in total. The van der Waals surface area contributed by atoms with Gasteiger partial charge in [0, 0.05) is 41.5 Å². The number of nitrogens with zero attached hydrogens (tertiary/aromatic N) is 5. The van der Waals surface area contributed by atoms with Crippen LogP contribution in [0.3, 0.4) is 0 Å². The largest absolute Gasteiger partial charge is 0.291 e. The van der Waals surface area contributed by atoms with Gasteiger partial charge < -0.3 is 0 Å². The minimum atomic E-state index is 0.479. The maximum absolute atomic E-state index is 6.00. The Kier molecular flexibility index (Phi) is 2.79. The first-order chi connectivity index (χ1) is 10.3. The Morgan fingerprint density at radius 1 is 1.14 bits per heavy atom. The van der Waals surface area contributed by atoms with Gasteiger partial charge in [-0.3, -0.25) is 9.56 Å². The Morgan fingerprint density at radius 2 is 2.10 bits per heavy atom. The summed E-state index contributed by atoms with van der Waals surface area (Å²) in [6.07, 6.45) is 8.86. The molecule has 3 aromatic rings. The molecule has 3 aromatic heterocycles. The molecule has 0 atom stereocenters. The molecule has 0 spiro atoms. The zero-order chi connectivity index (χ0) is 14.2. The summed E-state index contributed by atoms with van der Waals surface area (Å²) >= 11 is 6.00. The fourth-order valence-corrected chi connectivity index (χ4v) is 2.56. The number of pyridine rings is 2.